The van der Waals surface area contributed by atoms with Crippen LogP contribution in [0.2, 0.25) is 0 Å². The van der Waals surface area contributed by atoms with Gasteiger partial charge in [-0.3, -0.25) is 4.79 Å². The lowest BCUT2D eigenvalue weighted by Gasteiger charge is -2.36. The second-order valence-electron chi connectivity index (χ2n) is 5.30. The minimum atomic E-state index is -0.720. The second kappa shape index (κ2) is 5.81. The number of rotatable bonds is 2. The Bertz CT molecular complexity index is 698. The molecule has 22 heavy (non-hydrogen) atoms. The number of amides is 1. The van der Waals surface area contributed by atoms with E-state index in [1.54, 1.807) is 4.90 Å². The normalized spacial score (nSPS) is 18.5. The fourth-order valence-electron chi connectivity index (χ4n) is 2.74. The summed E-state index contributed by atoms with van der Waals surface area (Å²) in [6.07, 6.45) is 1.90. The van der Waals surface area contributed by atoms with Gasteiger partial charge in [0, 0.05) is 31.5 Å². The summed E-state index contributed by atoms with van der Waals surface area (Å²) in [5.41, 5.74) is 0.895. The van der Waals surface area contributed by atoms with Crippen molar-refractivity contribution in [3.05, 3.63) is 53.6 Å². The molecule has 3 rings (SSSR count). The molecule has 1 aromatic carbocycles. The zero-order valence-corrected chi connectivity index (χ0v) is 12.2. The average Bonchev–Trinajstić information content (AvgIpc) is 2.93. The maximum atomic E-state index is 14.0. The SMILES string of the molecule is Cn1cccc1[C@@H]1COCCN1C(=O)c1ccc(O)cc1F. The minimum Gasteiger partial charge on any atom is -0.508 e. The monoisotopic (exact) mass is 304 g/mol. The van der Waals surface area contributed by atoms with Crippen molar-refractivity contribution in [3.8, 4) is 5.75 Å². The minimum absolute atomic E-state index is 0.0427. The van der Waals surface area contributed by atoms with Crippen molar-refractivity contribution in [1.82, 2.24) is 9.47 Å². The summed E-state index contributed by atoms with van der Waals surface area (Å²) in [6, 6.07) is 7.14. The number of phenolic OH excluding ortho intramolecular Hbond substituents is 1. The van der Waals surface area contributed by atoms with Crippen LogP contribution < -0.4 is 0 Å². The van der Waals surface area contributed by atoms with Crippen molar-refractivity contribution < 1.29 is 19.0 Å². The number of halogens is 1. The molecule has 1 aliphatic heterocycles. The fourth-order valence-corrected chi connectivity index (χ4v) is 2.74. The summed E-state index contributed by atoms with van der Waals surface area (Å²) in [5.74, 6) is -1.32. The Morgan fingerprint density at radius 1 is 1.41 bits per heavy atom. The van der Waals surface area contributed by atoms with Gasteiger partial charge in [-0.2, -0.15) is 0 Å². The highest BCUT2D eigenvalue weighted by molar-refractivity contribution is 5.95. The van der Waals surface area contributed by atoms with Gasteiger partial charge in [-0.25, -0.2) is 4.39 Å². The highest BCUT2D eigenvalue weighted by atomic mass is 19.1. The van der Waals surface area contributed by atoms with Crippen LogP contribution in [-0.4, -0.2) is 40.2 Å². The van der Waals surface area contributed by atoms with Crippen LogP contribution in [0.25, 0.3) is 0 Å². The maximum Gasteiger partial charge on any atom is 0.257 e. The van der Waals surface area contributed by atoms with Crippen LogP contribution in [0.5, 0.6) is 5.75 Å². The van der Waals surface area contributed by atoms with Crippen LogP contribution in [0.1, 0.15) is 22.1 Å². The van der Waals surface area contributed by atoms with E-state index in [0.29, 0.717) is 19.8 Å². The number of hydrogen-bond donors (Lipinski definition) is 1. The quantitative estimate of drug-likeness (QED) is 0.924. The molecule has 116 valence electrons. The first kappa shape index (κ1) is 14.6. The number of ether oxygens (including phenoxy) is 1. The molecule has 1 atom stereocenters. The van der Waals surface area contributed by atoms with Crippen LogP contribution in [0, 0.1) is 5.82 Å². The number of morpholine rings is 1. The third-order valence-electron chi connectivity index (χ3n) is 3.90. The van der Waals surface area contributed by atoms with Gasteiger partial charge in [-0.1, -0.05) is 0 Å². The van der Waals surface area contributed by atoms with Gasteiger partial charge in [0.25, 0.3) is 5.91 Å². The molecule has 1 aromatic heterocycles. The Hall–Kier alpha value is -2.34. The topological polar surface area (TPSA) is 54.7 Å². The first-order chi connectivity index (χ1) is 10.6. The summed E-state index contributed by atoms with van der Waals surface area (Å²) < 4.78 is 21.4. The summed E-state index contributed by atoms with van der Waals surface area (Å²) >= 11 is 0. The molecular formula is C16H17FN2O3. The number of hydrogen-bond acceptors (Lipinski definition) is 3. The van der Waals surface area contributed by atoms with Crippen molar-refractivity contribution >= 4 is 5.91 Å². The lowest BCUT2D eigenvalue weighted by molar-refractivity contribution is -0.00486. The molecule has 1 fully saturated rings. The number of aryl methyl sites for hydroxylation is 1. The second-order valence-corrected chi connectivity index (χ2v) is 5.30. The molecule has 0 bridgehead atoms. The predicted octanol–water partition coefficient (Wildman–Crippen LogP) is 2.08. The van der Waals surface area contributed by atoms with Gasteiger partial charge in [0.1, 0.15) is 11.6 Å². The molecular weight excluding hydrogens is 287 g/mol. The van der Waals surface area contributed by atoms with E-state index in [4.69, 9.17) is 4.74 Å². The molecule has 5 nitrogen and oxygen atoms in total. The Morgan fingerprint density at radius 2 is 2.23 bits per heavy atom. The van der Waals surface area contributed by atoms with Crippen LogP contribution >= 0.6 is 0 Å². The average molecular weight is 304 g/mol. The molecule has 1 saturated heterocycles. The lowest BCUT2D eigenvalue weighted by Crippen LogP contribution is -2.44. The number of benzene rings is 1. The van der Waals surface area contributed by atoms with E-state index in [1.165, 1.54) is 12.1 Å². The molecule has 0 spiro atoms. The molecule has 0 aliphatic carbocycles. The van der Waals surface area contributed by atoms with Crippen LogP contribution in [0.15, 0.2) is 36.5 Å². The van der Waals surface area contributed by atoms with E-state index in [-0.39, 0.29) is 17.4 Å². The Morgan fingerprint density at radius 3 is 2.91 bits per heavy atom. The van der Waals surface area contributed by atoms with Crippen molar-refractivity contribution in [2.75, 3.05) is 19.8 Å². The molecule has 1 aliphatic rings. The molecule has 0 unspecified atom stereocenters. The zero-order chi connectivity index (χ0) is 15.7. The third kappa shape index (κ3) is 2.57. The van der Waals surface area contributed by atoms with Crippen molar-refractivity contribution in [3.63, 3.8) is 0 Å². The zero-order valence-electron chi connectivity index (χ0n) is 12.2. The number of aromatic nitrogens is 1. The highest BCUT2D eigenvalue weighted by Crippen LogP contribution is 2.27. The standard InChI is InChI=1S/C16H17FN2O3/c1-18-6-2-3-14(18)15-10-22-8-7-19(15)16(21)12-5-4-11(20)9-13(12)17/h2-6,9,15,20H,7-8,10H2,1H3/t15-/m0/s1. The molecule has 0 saturated carbocycles. The molecule has 2 heterocycles. The van der Waals surface area contributed by atoms with Crippen molar-refractivity contribution in [2.45, 2.75) is 6.04 Å². The number of nitrogens with zero attached hydrogens (tertiary/aromatic N) is 2. The van der Waals surface area contributed by atoms with E-state index in [9.17, 15) is 14.3 Å². The largest absolute Gasteiger partial charge is 0.508 e. The van der Waals surface area contributed by atoms with E-state index >= 15 is 0 Å². The molecule has 1 amide bonds. The van der Waals surface area contributed by atoms with Gasteiger partial charge >= 0.3 is 0 Å². The number of carbonyl (C=O) groups is 1. The Balaban J connectivity index is 1.93. The third-order valence-corrected chi connectivity index (χ3v) is 3.90. The van der Waals surface area contributed by atoms with Gasteiger partial charge in [0.15, 0.2) is 0 Å². The fraction of sp³-hybridized carbons (Fsp3) is 0.312. The summed E-state index contributed by atoms with van der Waals surface area (Å²) in [5, 5.41) is 9.28. The first-order valence-corrected chi connectivity index (χ1v) is 7.06. The number of aromatic hydroxyl groups is 1. The van der Waals surface area contributed by atoms with E-state index in [1.807, 2.05) is 29.9 Å². The van der Waals surface area contributed by atoms with E-state index < -0.39 is 11.7 Å². The van der Waals surface area contributed by atoms with Gasteiger partial charge in [0.2, 0.25) is 0 Å². The first-order valence-electron chi connectivity index (χ1n) is 7.06. The van der Waals surface area contributed by atoms with Crippen molar-refractivity contribution in [2.24, 2.45) is 7.05 Å². The highest BCUT2D eigenvalue weighted by Gasteiger charge is 2.31. The van der Waals surface area contributed by atoms with Crippen LogP contribution in [0.4, 0.5) is 4.39 Å². The summed E-state index contributed by atoms with van der Waals surface area (Å²) in [4.78, 5) is 14.3. The van der Waals surface area contributed by atoms with Gasteiger partial charge in [-0.05, 0) is 24.3 Å². The molecule has 0 radical (unpaired) electrons. The smallest absolute Gasteiger partial charge is 0.257 e. The lowest BCUT2D eigenvalue weighted by atomic mass is 10.1. The summed E-state index contributed by atoms with van der Waals surface area (Å²) in [6.45, 7) is 1.20. The van der Waals surface area contributed by atoms with Crippen LogP contribution in [0.3, 0.4) is 0 Å². The molecule has 1 N–H and O–H groups in total. The molecule has 6 heteroatoms. The Kier molecular flexibility index (Phi) is 3.85. The van der Waals surface area contributed by atoms with Gasteiger partial charge in [0.05, 0.1) is 24.8 Å². The van der Waals surface area contributed by atoms with Gasteiger partial charge < -0.3 is 19.3 Å². The Labute approximate surface area is 127 Å². The predicted molar refractivity (Wildman–Crippen MR) is 78.1 cm³/mol. The van der Waals surface area contributed by atoms with Crippen LogP contribution in [-0.2, 0) is 11.8 Å². The van der Waals surface area contributed by atoms with E-state index in [2.05, 4.69) is 0 Å². The summed E-state index contributed by atoms with van der Waals surface area (Å²) in [7, 11) is 1.90. The van der Waals surface area contributed by atoms with E-state index in [0.717, 1.165) is 11.8 Å². The number of carbonyl (C=O) groups excluding carboxylic acids is 1. The van der Waals surface area contributed by atoms with Gasteiger partial charge in [-0.15, -0.1) is 0 Å². The number of phenols is 1. The van der Waals surface area contributed by atoms with Crippen molar-refractivity contribution in [1.29, 1.82) is 0 Å². The maximum absolute atomic E-state index is 14.0. The molecule has 2 aromatic rings.